The summed E-state index contributed by atoms with van der Waals surface area (Å²) in [6.45, 7) is -0.284. The Bertz CT molecular complexity index is 254. The van der Waals surface area contributed by atoms with Gasteiger partial charge in [-0.3, -0.25) is 0 Å². The normalized spacial score (nSPS) is 7.89. The maximum Gasteiger partial charge on any atom is 0.0902 e. The minimum Gasteiger partial charge on any atom is -0.114 e. The highest BCUT2D eigenvalue weighted by molar-refractivity contribution is 7.87. The van der Waals surface area contributed by atoms with E-state index in [2.05, 4.69) is 29.2 Å². The van der Waals surface area contributed by atoms with E-state index in [9.17, 15) is 0 Å². The second-order valence-corrected chi connectivity index (χ2v) is 3.79. The lowest BCUT2D eigenvalue weighted by molar-refractivity contribution is 1.93. The zero-order valence-electron chi connectivity index (χ0n) is 5.31. The average Bonchev–Trinajstić information content (AvgIpc) is 1.89. The fourth-order valence-electron chi connectivity index (χ4n) is 0.293. The van der Waals surface area contributed by atoms with E-state index < -0.39 is 6.89 Å². The molecule has 0 aromatic carbocycles. The lowest BCUT2D eigenvalue weighted by Crippen LogP contribution is -1.64. The fourth-order valence-corrected chi connectivity index (χ4v) is 0.878. The zero-order chi connectivity index (χ0) is 7.33. The minimum absolute atomic E-state index is 1.70. The van der Waals surface area contributed by atoms with Crippen molar-refractivity contribution < 1.29 is 0 Å². The summed E-state index contributed by atoms with van der Waals surface area (Å²) in [5.41, 5.74) is 7.57. The Kier molecular flexibility index (Phi) is 2.74. The lowest BCUT2D eigenvalue weighted by atomic mass is 10.8. The van der Waals surface area contributed by atoms with Crippen LogP contribution in [0.2, 0.25) is 0 Å². The predicted molar refractivity (Wildman–Crippen MR) is 45.2 cm³/mol. The molecule has 0 spiro atoms. The lowest BCUT2D eigenvalue weighted by Gasteiger charge is -1.95. The van der Waals surface area contributed by atoms with E-state index in [0.717, 1.165) is 0 Å². The molecular weight excluding hydrogens is 127 g/mol. The molecule has 1 heteroatoms. The summed E-state index contributed by atoms with van der Waals surface area (Å²) < 4.78 is 0. The van der Waals surface area contributed by atoms with Crippen molar-refractivity contribution in [2.24, 2.45) is 0 Å². The van der Waals surface area contributed by atoms with Gasteiger partial charge in [0.1, 0.15) is 0 Å². The van der Waals surface area contributed by atoms with Crippen molar-refractivity contribution in [3.05, 3.63) is 0 Å². The van der Waals surface area contributed by atoms with Gasteiger partial charge in [0.2, 0.25) is 0 Å². The smallest absolute Gasteiger partial charge is 0.0902 e. The Morgan fingerprint density at radius 3 is 1.89 bits per heavy atom. The molecule has 0 saturated carbocycles. The molecule has 0 nitrogen and oxygen atoms in total. The Morgan fingerprint density at radius 2 is 1.78 bits per heavy atom. The van der Waals surface area contributed by atoms with Gasteiger partial charge in [-0.05, 0) is 6.92 Å². The first-order valence-corrected chi connectivity index (χ1v) is 4.29. The predicted octanol–water partition coefficient (Wildman–Crippen LogP) is 1.60. The Morgan fingerprint density at radius 1 is 1.33 bits per heavy atom. The molecule has 0 N–H and O–H groups in total. The van der Waals surface area contributed by atoms with Crippen LogP contribution in [-0.4, -0.2) is 6.30 Å². The van der Waals surface area contributed by atoms with Crippen LogP contribution in [0, 0.1) is 35.8 Å². The van der Waals surface area contributed by atoms with Gasteiger partial charge in [-0.1, -0.05) is 23.3 Å². The fraction of sp³-hybridized carbons (Fsp3) is 0.125. The van der Waals surface area contributed by atoms with Gasteiger partial charge in [0.15, 0.2) is 0 Å². The van der Waals surface area contributed by atoms with E-state index >= 15 is 0 Å². The van der Waals surface area contributed by atoms with Crippen LogP contribution in [0.3, 0.4) is 0 Å². The van der Waals surface area contributed by atoms with Gasteiger partial charge < -0.3 is 0 Å². The van der Waals surface area contributed by atoms with Crippen LogP contribution < -0.4 is 0 Å². The van der Waals surface area contributed by atoms with Gasteiger partial charge in [-0.25, -0.2) is 0 Å². The van der Waals surface area contributed by atoms with Crippen LogP contribution in [0.15, 0.2) is 0 Å². The molecule has 0 aliphatic carbocycles. The molecule has 0 saturated heterocycles. The van der Waals surface area contributed by atoms with Crippen LogP contribution in [0.25, 0.3) is 0 Å². The van der Waals surface area contributed by atoms with Gasteiger partial charge in [0.05, 0.1) is 6.89 Å². The summed E-state index contributed by atoms with van der Waals surface area (Å²) in [5, 5.41) is 0. The van der Waals surface area contributed by atoms with Crippen molar-refractivity contribution in [3.8, 4) is 35.8 Å². The van der Waals surface area contributed by atoms with Crippen LogP contribution >= 0.6 is 6.89 Å². The highest BCUT2D eigenvalue weighted by Gasteiger charge is 1.97. The molecular formula is C8H7P. The summed E-state index contributed by atoms with van der Waals surface area (Å²) >= 11 is 0. The molecule has 0 aromatic rings. The number of terminal acetylenes is 2. The monoisotopic (exact) mass is 134 g/mol. The molecule has 0 rings (SSSR count). The van der Waals surface area contributed by atoms with Gasteiger partial charge in [0.25, 0.3) is 0 Å². The summed E-state index contributed by atoms with van der Waals surface area (Å²) in [6, 6.07) is 0. The van der Waals surface area contributed by atoms with Crippen molar-refractivity contribution in [1.82, 2.24) is 0 Å². The van der Waals surface area contributed by atoms with Crippen molar-refractivity contribution >= 4 is 13.2 Å². The number of hydrogen-bond acceptors (Lipinski definition) is 0. The zero-order valence-corrected chi connectivity index (χ0v) is 6.20. The summed E-state index contributed by atoms with van der Waals surface area (Å²) in [4.78, 5) is 0. The second kappa shape index (κ2) is 3.10. The third-order valence-electron chi connectivity index (χ3n) is 0.743. The van der Waals surface area contributed by atoms with Crippen LogP contribution in [0.5, 0.6) is 0 Å². The summed E-state index contributed by atoms with van der Waals surface area (Å²) in [7, 11) is 0. The van der Waals surface area contributed by atoms with Gasteiger partial charge >= 0.3 is 0 Å². The molecule has 0 radical (unpaired) electrons. The molecule has 0 unspecified atom stereocenters. The topological polar surface area (TPSA) is 0 Å². The van der Waals surface area contributed by atoms with Gasteiger partial charge in [-0.2, -0.15) is 0 Å². The molecule has 0 amide bonds. The van der Waals surface area contributed by atoms with E-state index in [1.807, 2.05) is 0 Å². The molecule has 0 fully saturated rings. The van der Waals surface area contributed by atoms with Gasteiger partial charge in [-0.15, -0.1) is 18.8 Å². The SMILES string of the molecule is C#CP(=C)(C#C)C#CC. The largest absolute Gasteiger partial charge is 0.114 e. The molecule has 0 aliphatic heterocycles. The van der Waals surface area contributed by atoms with Crippen molar-refractivity contribution in [2.45, 2.75) is 6.92 Å². The number of rotatable bonds is 0. The molecule has 0 aliphatic rings. The maximum absolute atomic E-state index is 5.10. The molecule has 0 bridgehead atoms. The van der Waals surface area contributed by atoms with Crippen LogP contribution in [0.1, 0.15) is 6.92 Å². The number of hydrogen-bond donors (Lipinski definition) is 0. The second-order valence-electron chi connectivity index (χ2n) is 1.43. The molecule has 0 heterocycles. The Labute approximate surface area is 56.6 Å². The maximum atomic E-state index is 5.10. The Balaban J connectivity index is 4.78. The van der Waals surface area contributed by atoms with Crippen molar-refractivity contribution in [1.29, 1.82) is 0 Å². The average molecular weight is 134 g/mol. The summed E-state index contributed by atoms with van der Waals surface area (Å²) in [5.74, 6) is 2.66. The van der Waals surface area contributed by atoms with E-state index in [1.165, 1.54) is 0 Å². The van der Waals surface area contributed by atoms with Crippen molar-refractivity contribution in [2.75, 3.05) is 0 Å². The van der Waals surface area contributed by atoms with E-state index in [4.69, 9.17) is 12.8 Å². The molecule has 0 aromatic heterocycles. The van der Waals surface area contributed by atoms with E-state index in [1.54, 1.807) is 6.92 Å². The van der Waals surface area contributed by atoms with Crippen LogP contribution in [0.4, 0.5) is 0 Å². The van der Waals surface area contributed by atoms with E-state index in [0.29, 0.717) is 0 Å². The summed E-state index contributed by atoms with van der Waals surface area (Å²) in [6.07, 6.45) is 13.9. The first kappa shape index (κ1) is 7.98. The third-order valence-corrected chi connectivity index (χ3v) is 2.23. The van der Waals surface area contributed by atoms with Crippen molar-refractivity contribution in [3.63, 3.8) is 0 Å². The third kappa shape index (κ3) is 2.15. The first-order valence-electron chi connectivity index (χ1n) is 2.31. The highest BCUT2D eigenvalue weighted by atomic mass is 31.2. The standard InChI is InChI=1S/C8H7P/c1-5-8-9(4,6-2)7-3/h2-3H,4H2,1H3. The molecule has 0 atom stereocenters. The molecule has 9 heavy (non-hydrogen) atoms. The Hall–Kier alpha value is -1.02. The first-order chi connectivity index (χ1) is 4.18. The van der Waals surface area contributed by atoms with Gasteiger partial charge in [0, 0.05) is 0 Å². The van der Waals surface area contributed by atoms with E-state index in [-0.39, 0.29) is 0 Å². The molecule has 44 valence electrons. The quantitative estimate of drug-likeness (QED) is 0.348. The highest BCUT2D eigenvalue weighted by Crippen LogP contribution is 2.39. The minimum atomic E-state index is -1.99. The van der Waals surface area contributed by atoms with Crippen LogP contribution in [-0.2, 0) is 0 Å².